The smallest absolute Gasteiger partial charge is 0.160 e. The number of fused-ring (bicyclic) bond motifs is 1. The lowest BCUT2D eigenvalue weighted by atomic mass is 10.1. The lowest BCUT2D eigenvalue weighted by molar-refractivity contribution is 0.408. The first kappa shape index (κ1) is 14.2. The maximum atomic E-state index is 9.47. The van der Waals surface area contributed by atoms with Gasteiger partial charge in [0.25, 0.3) is 0 Å². The van der Waals surface area contributed by atoms with Gasteiger partial charge in [-0.05, 0) is 49.8 Å². The van der Waals surface area contributed by atoms with Crippen molar-refractivity contribution in [1.82, 2.24) is 19.4 Å². The first-order valence-electron chi connectivity index (χ1n) is 7.98. The predicted octanol–water partition coefficient (Wildman–Crippen LogP) is 2.60. The standard InChI is InChI=1S/C18H20N4O/c1-21-10-8-14(12-21)17-20-16-3-2-9-19-18(16)22(17)11-13-4-6-15(23)7-5-13/h2-7,9,14,23H,8,10-12H2,1H3. The molecule has 0 aliphatic carbocycles. The highest BCUT2D eigenvalue weighted by Gasteiger charge is 2.26. The molecule has 2 aromatic heterocycles. The van der Waals surface area contributed by atoms with Crippen molar-refractivity contribution < 1.29 is 5.11 Å². The molecule has 4 rings (SSSR count). The van der Waals surface area contributed by atoms with E-state index < -0.39 is 0 Å². The van der Waals surface area contributed by atoms with E-state index in [9.17, 15) is 5.11 Å². The van der Waals surface area contributed by atoms with Gasteiger partial charge in [-0.3, -0.25) is 0 Å². The Balaban J connectivity index is 1.77. The van der Waals surface area contributed by atoms with Crippen molar-refractivity contribution in [2.45, 2.75) is 18.9 Å². The monoisotopic (exact) mass is 308 g/mol. The van der Waals surface area contributed by atoms with Crippen molar-refractivity contribution in [3.8, 4) is 5.75 Å². The van der Waals surface area contributed by atoms with E-state index in [1.165, 1.54) is 0 Å². The van der Waals surface area contributed by atoms with Crippen molar-refractivity contribution >= 4 is 11.2 Å². The fraction of sp³-hybridized carbons (Fsp3) is 0.333. The second-order valence-corrected chi connectivity index (χ2v) is 6.32. The van der Waals surface area contributed by atoms with Crippen LogP contribution in [0.1, 0.15) is 23.7 Å². The van der Waals surface area contributed by atoms with Crippen molar-refractivity contribution in [2.24, 2.45) is 0 Å². The molecule has 0 spiro atoms. The zero-order chi connectivity index (χ0) is 15.8. The summed E-state index contributed by atoms with van der Waals surface area (Å²) in [5.41, 5.74) is 3.03. The van der Waals surface area contributed by atoms with Crippen molar-refractivity contribution in [2.75, 3.05) is 20.1 Å². The summed E-state index contributed by atoms with van der Waals surface area (Å²) < 4.78 is 2.23. The average Bonchev–Trinajstić information content (AvgIpc) is 3.14. The van der Waals surface area contributed by atoms with E-state index in [1.54, 1.807) is 12.1 Å². The summed E-state index contributed by atoms with van der Waals surface area (Å²) in [5, 5.41) is 9.47. The fourth-order valence-electron chi connectivity index (χ4n) is 3.37. The first-order chi connectivity index (χ1) is 11.2. The number of phenolic OH excluding ortho intramolecular Hbond substituents is 1. The number of imidazole rings is 1. The molecule has 0 saturated carbocycles. The lowest BCUT2D eigenvalue weighted by Gasteiger charge is -2.14. The highest BCUT2D eigenvalue weighted by molar-refractivity contribution is 5.71. The van der Waals surface area contributed by atoms with Crippen molar-refractivity contribution in [3.05, 3.63) is 54.0 Å². The van der Waals surface area contributed by atoms with Crippen LogP contribution in [0.25, 0.3) is 11.2 Å². The van der Waals surface area contributed by atoms with Crippen molar-refractivity contribution in [1.29, 1.82) is 0 Å². The zero-order valence-electron chi connectivity index (χ0n) is 13.2. The Bertz CT molecular complexity index is 825. The van der Waals surface area contributed by atoms with Crippen LogP contribution in [0, 0.1) is 0 Å². The molecule has 1 saturated heterocycles. The lowest BCUT2D eigenvalue weighted by Crippen LogP contribution is -2.16. The van der Waals surface area contributed by atoms with Gasteiger partial charge in [-0.1, -0.05) is 12.1 Å². The normalized spacial score (nSPS) is 18.7. The largest absolute Gasteiger partial charge is 0.508 e. The molecule has 5 nitrogen and oxygen atoms in total. The predicted molar refractivity (Wildman–Crippen MR) is 89.6 cm³/mol. The maximum absolute atomic E-state index is 9.47. The number of nitrogens with zero attached hydrogens (tertiary/aromatic N) is 4. The van der Waals surface area contributed by atoms with E-state index in [4.69, 9.17) is 4.98 Å². The quantitative estimate of drug-likeness (QED) is 0.808. The molecule has 5 heteroatoms. The molecular formula is C18H20N4O. The third-order valence-electron chi connectivity index (χ3n) is 4.57. The third kappa shape index (κ3) is 2.68. The summed E-state index contributed by atoms with van der Waals surface area (Å²) in [6, 6.07) is 11.3. The zero-order valence-corrected chi connectivity index (χ0v) is 13.2. The minimum atomic E-state index is 0.292. The Morgan fingerprint density at radius 2 is 2.04 bits per heavy atom. The van der Waals surface area contributed by atoms with Gasteiger partial charge >= 0.3 is 0 Å². The van der Waals surface area contributed by atoms with E-state index in [-0.39, 0.29) is 0 Å². The van der Waals surface area contributed by atoms with E-state index in [0.717, 1.165) is 48.6 Å². The second-order valence-electron chi connectivity index (χ2n) is 6.32. The molecular weight excluding hydrogens is 288 g/mol. The van der Waals surface area contributed by atoms with Crippen LogP contribution in [0.15, 0.2) is 42.6 Å². The number of likely N-dealkylation sites (tertiary alicyclic amines) is 1. The van der Waals surface area contributed by atoms with Gasteiger partial charge in [-0.15, -0.1) is 0 Å². The molecule has 1 aliphatic heterocycles. The molecule has 0 amide bonds. The van der Waals surface area contributed by atoms with Gasteiger partial charge in [0, 0.05) is 18.7 Å². The van der Waals surface area contributed by atoms with Crippen LogP contribution in [0.5, 0.6) is 5.75 Å². The summed E-state index contributed by atoms with van der Waals surface area (Å²) in [5.74, 6) is 1.86. The number of hydrogen-bond acceptors (Lipinski definition) is 4. The number of pyridine rings is 1. The van der Waals surface area contributed by atoms with Crippen LogP contribution in [0.2, 0.25) is 0 Å². The Morgan fingerprint density at radius 3 is 2.78 bits per heavy atom. The van der Waals surface area contributed by atoms with Gasteiger partial charge in [0.2, 0.25) is 0 Å². The van der Waals surface area contributed by atoms with E-state index in [0.29, 0.717) is 11.7 Å². The van der Waals surface area contributed by atoms with Gasteiger partial charge in [0.05, 0.1) is 6.54 Å². The number of aromatic nitrogens is 3. The van der Waals surface area contributed by atoms with Crippen LogP contribution < -0.4 is 0 Å². The summed E-state index contributed by atoms with van der Waals surface area (Å²) in [4.78, 5) is 11.8. The summed E-state index contributed by atoms with van der Waals surface area (Å²) in [6.07, 6.45) is 2.96. The third-order valence-corrected chi connectivity index (χ3v) is 4.57. The molecule has 1 N–H and O–H groups in total. The Kier molecular flexibility index (Phi) is 3.50. The number of rotatable bonds is 3. The molecule has 1 atom stereocenters. The van der Waals surface area contributed by atoms with Crippen LogP contribution in [0.4, 0.5) is 0 Å². The molecule has 1 fully saturated rings. The number of likely N-dealkylation sites (N-methyl/N-ethyl adjacent to an activating group) is 1. The average molecular weight is 308 g/mol. The van der Waals surface area contributed by atoms with Crippen LogP contribution >= 0.6 is 0 Å². The molecule has 3 aromatic rings. The van der Waals surface area contributed by atoms with E-state index in [2.05, 4.69) is 21.5 Å². The molecule has 0 bridgehead atoms. The molecule has 23 heavy (non-hydrogen) atoms. The van der Waals surface area contributed by atoms with Gasteiger partial charge in [0.15, 0.2) is 5.65 Å². The highest BCUT2D eigenvalue weighted by Crippen LogP contribution is 2.29. The second kappa shape index (κ2) is 5.66. The van der Waals surface area contributed by atoms with E-state index in [1.807, 2.05) is 30.5 Å². The minimum absolute atomic E-state index is 0.292. The highest BCUT2D eigenvalue weighted by atomic mass is 16.3. The van der Waals surface area contributed by atoms with Gasteiger partial charge < -0.3 is 14.6 Å². The minimum Gasteiger partial charge on any atom is -0.508 e. The number of phenols is 1. The van der Waals surface area contributed by atoms with E-state index >= 15 is 0 Å². The Hall–Kier alpha value is -2.40. The Morgan fingerprint density at radius 1 is 1.22 bits per heavy atom. The molecule has 0 radical (unpaired) electrons. The molecule has 118 valence electrons. The first-order valence-corrected chi connectivity index (χ1v) is 7.98. The molecule has 3 heterocycles. The number of hydrogen-bond donors (Lipinski definition) is 1. The van der Waals surface area contributed by atoms with Gasteiger partial charge in [-0.2, -0.15) is 0 Å². The molecule has 1 aromatic carbocycles. The molecule has 1 unspecified atom stereocenters. The molecule has 1 aliphatic rings. The van der Waals surface area contributed by atoms with Gasteiger partial charge in [-0.25, -0.2) is 9.97 Å². The Labute approximate surface area is 135 Å². The van der Waals surface area contributed by atoms with Crippen LogP contribution in [-0.4, -0.2) is 44.7 Å². The van der Waals surface area contributed by atoms with Crippen LogP contribution in [-0.2, 0) is 6.54 Å². The number of aromatic hydroxyl groups is 1. The van der Waals surface area contributed by atoms with Crippen molar-refractivity contribution in [3.63, 3.8) is 0 Å². The summed E-state index contributed by atoms with van der Waals surface area (Å²) in [7, 11) is 2.16. The van der Waals surface area contributed by atoms with Crippen LogP contribution in [0.3, 0.4) is 0 Å². The topological polar surface area (TPSA) is 54.2 Å². The maximum Gasteiger partial charge on any atom is 0.160 e. The summed E-state index contributed by atoms with van der Waals surface area (Å²) >= 11 is 0. The SMILES string of the molecule is CN1CCC(c2nc3cccnc3n2Cc2ccc(O)cc2)C1. The van der Waals surface area contributed by atoms with Gasteiger partial charge in [0.1, 0.15) is 17.1 Å². The fourth-order valence-corrected chi connectivity index (χ4v) is 3.37. The summed E-state index contributed by atoms with van der Waals surface area (Å²) in [6.45, 7) is 2.88. The number of benzene rings is 1.